The van der Waals surface area contributed by atoms with E-state index in [-0.39, 0.29) is 0 Å². The van der Waals surface area contributed by atoms with Crippen molar-refractivity contribution in [3.63, 3.8) is 0 Å². The molecule has 0 spiro atoms. The van der Waals surface area contributed by atoms with Gasteiger partial charge in [-0.25, -0.2) is 0 Å². The van der Waals surface area contributed by atoms with E-state index in [4.69, 9.17) is 4.98 Å². The Kier molecular flexibility index (Phi) is 6.21. The first-order valence-electron chi connectivity index (χ1n) is 15.8. The van der Waals surface area contributed by atoms with Gasteiger partial charge in [0.25, 0.3) is 0 Å². The van der Waals surface area contributed by atoms with Crippen molar-refractivity contribution in [3.8, 4) is 44.6 Å². The van der Waals surface area contributed by atoms with E-state index in [0.29, 0.717) is 0 Å². The molecule has 9 rings (SSSR count). The quantitative estimate of drug-likeness (QED) is 0.188. The molecule has 1 nitrogen and oxygen atoms in total. The Labute approximate surface area is 268 Å². The van der Waals surface area contributed by atoms with E-state index in [1.165, 1.54) is 70.9 Å². The van der Waals surface area contributed by atoms with Gasteiger partial charge in [0.05, 0.1) is 5.69 Å². The summed E-state index contributed by atoms with van der Waals surface area (Å²) in [5.74, 6) is 0. The van der Waals surface area contributed by atoms with Crippen molar-refractivity contribution in [2.75, 3.05) is 0 Å². The Morgan fingerprint density at radius 2 is 0.848 bits per heavy atom. The summed E-state index contributed by atoms with van der Waals surface area (Å²) in [5.41, 5.74) is 9.49. The minimum absolute atomic E-state index is 0.980. The molecule has 1 aromatic heterocycles. The summed E-state index contributed by atoms with van der Waals surface area (Å²) in [5, 5.41) is 10.1. The topological polar surface area (TPSA) is 12.9 Å². The number of pyridine rings is 1. The summed E-state index contributed by atoms with van der Waals surface area (Å²) in [6, 6.07) is 61.5. The second-order valence-corrected chi connectivity index (χ2v) is 11.9. The van der Waals surface area contributed by atoms with E-state index in [1.807, 2.05) is 6.20 Å². The van der Waals surface area contributed by atoms with Gasteiger partial charge in [-0.15, -0.1) is 0 Å². The van der Waals surface area contributed by atoms with E-state index >= 15 is 0 Å². The van der Waals surface area contributed by atoms with Gasteiger partial charge in [0.2, 0.25) is 0 Å². The number of rotatable bonds is 4. The van der Waals surface area contributed by atoms with Crippen LogP contribution in [-0.2, 0) is 0 Å². The summed E-state index contributed by atoms with van der Waals surface area (Å²) in [4.78, 5) is 4.73. The van der Waals surface area contributed by atoms with Gasteiger partial charge >= 0.3 is 0 Å². The van der Waals surface area contributed by atoms with E-state index < -0.39 is 0 Å². The Morgan fingerprint density at radius 3 is 1.57 bits per heavy atom. The molecular weight excluding hydrogens is 555 g/mol. The number of benzene rings is 8. The highest BCUT2D eigenvalue weighted by molar-refractivity contribution is 6.23. The van der Waals surface area contributed by atoms with Crippen molar-refractivity contribution in [1.82, 2.24) is 4.98 Å². The van der Waals surface area contributed by atoms with E-state index in [9.17, 15) is 0 Å². The highest BCUT2D eigenvalue weighted by Crippen LogP contribution is 2.45. The number of aromatic nitrogens is 1. The summed E-state index contributed by atoms with van der Waals surface area (Å²) in [6.45, 7) is 0. The highest BCUT2D eigenvalue weighted by atomic mass is 14.7. The Balaban J connectivity index is 1.18. The second kappa shape index (κ2) is 10.8. The molecule has 1 heteroatoms. The van der Waals surface area contributed by atoms with Crippen LogP contribution in [0, 0.1) is 0 Å². The maximum atomic E-state index is 4.73. The van der Waals surface area contributed by atoms with Crippen LogP contribution in [0.3, 0.4) is 0 Å². The number of nitrogens with zero attached hydrogens (tertiary/aromatic N) is 1. The van der Waals surface area contributed by atoms with Gasteiger partial charge < -0.3 is 0 Å². The molecule has 0 amide bonds. The molecule has 0 radical (unpaired) electrons. The van der Waals surface area contributed by atoms with Crippen LogP contribution in [0.4, 0.5) is 0 Å². The van der Waals surface area contributed by atoms with Crippen molar-refractivity contribution in [3.05, 3.63) is 176 Å². The first kappa shape index (κ1) is 26.4. The van der Waals surface area contributed by atoms with Crippen LogP contribution < -0.4 is 0 Å². The summed E-state index contributed by atoms with van der Waals surface area (Å²) in [6.07, 6.45) is 1.92. The van der Waals surface area contributed by atoms with Crippen molar-refractivity contribution >= 4 is 43.1 Å². The third kappa shape index (κ3) is 4.37. The van der Waals surface area contributed by atoms with Crippen LogP contribution in [0.2, 0.25) is 0 Å². The van der Waals surface area contributed by atoms with Crippen molar-refractivity contribution < 1.29 is 0 Å². The second-order valence-electron chi connectivity index (χ2n) is 11.9. The normalized spacial score (nSPS) is 11.5. The van der Waals surface area contributed by atoms with Crippen molar-refractivity contribution in [2.24, 2.45) is 0 Å². The van der Waals surface area contributed by atoms with Crippen LogP contribution >= 0.6 is 0 Å². The molecule has 214 valence electrons. The van der Waals surface area contributed by atoms with Gasteiger partial charge in [-0.2, -0.15) is 0 Å². The van der Waals surface area contributed by atoms with Crippen LogP contribution in [0.1, 0.15) is 0 Å². The molecule has 9 aromatic rings. The Bertz CT molecular complexity index is 2510. The third-order valence-electron chi connectivity index (χ3n) is 9.30. The maximum absolute atomic E-state index is 4.73. The van der Waals surface area contributed by atoms with Gasteiger partial charge in [0.15, 0.2) is 0 Å². The minimum atomic E-state index is 0.980. The average molecular weight is 584 g/mol. The van der Waals surface area contributed by atoms with Crippen LogP contribution in [0.5, 0.6) is 0 Å². The number of hydrogen-bond acceptors (Lipinski definition) is 1. The smallest absolute Gasteiger partial charge is 0.0708 e. The molecule has 0 aliphatic rings. The zero-order chi connectivity index (χ0) is 30.5. The third-order valence-corrected chi connectivity index (χ3v) is 9.30. The average Bonchev–Trinajstić information content (AvgIpc) is 3.13. The van der Waals surface area contributed by atoms with E-state index in [2.05, 4.69) is 170 Å². The fraction of sp³-hybridized carbons (Fsp3) is 0. The summed E-state index contributed by atoms with van der Waals surface area (Å²) in [7, 11) is 0. The number of hydrogen-bond donors (Lipinski definition) is 0. The molecule has 0 aliphatic carbocycles. The lowest BCUT2D eigenvalue weighted by Crippen LogP contribution is -1.91. The lowest BCUT2D eigenvalue weighted by molar-refractivity contribution is 1.33. The van der Waals surface area contributed by atoms with E-state index in [0.717, 1.165) is 16.8 Å². The molecular formula is C45H29N. The van der Waals surface area contributed by atoms with E-state index in [1.54, 1.807) is 0 Å². The largest absolute Gasteiger partial charge is 0.256 e. The molecule has 0 fully saturated rings. The zero-order valence-electron chi connectivity index (χ0n) is 25.2. The molecule has 8 aromatic carbocycles. The Morgan fingerprint density at radius 1 is 0.304 bits per heavy atom. The lowest BCUT2D eigenvalue weighted by atomic mass is 9.84. The minimum Gasteiger partial charge on any atom is -0.256 e. The Hall–Kier alpha value is -6.05. The molecule has 0 N–H and O–H groups in total. The monoisotopic (exact) mass is 583 g/mol. The molecule has 0 saturated heterocycles. The predicted octanol–water partition coefficient (Wildman–Crippen LogP) is 12.4. The summed E-state index contributed by atoms with van der Waals surface area (Å²) < 4.78 is 0. The van der Waals surface area contributed by atoms with Gasteiger partial charge in [-0.3, -0.25) is 4.98 Å². The predicted molar refractivity (Wildman–Crippen MR) is 196 cm³/mol. The SMILES string of the molecule is c1ccc2cc(-c3cc(-c4ccc(-c5c6ccccc6c(-c6cccc7ccccc67)c6ccccc56)cc4)ccn3)ccc2c1. The molecule has 0 aliphatic heterocycles. The van der Waals surface area contributed by atoms with Crippen molar-refractivity contribution in [2.45, 2.75) is 0 Å². The first-order valence-corrected chi connectivity index (χ1v) is 15.8. The van der Waals surface area contributed by atoms with Gasteiger partial charge in [0, 0.05) is 11.8 Å². The van der Waals surface area contributed by atoms with Crippen LogP contribution in [0.25, 0.3) is 87.7 Å². The number of fused-ring (bicyclic) bond motifs is 4. The van der Waals surface area contributed by atoms with Crippen LogP contribution in [0.15, 0.2) is 176 Å². The molecule has 1 heterocycles. The molecule has 0 atom stereocenters. The molecule has 0 saturated carbocycles. The fourth-order valence-corrected chi connectivity index (χ4v) is 7.12. The first-order chi connectivity index (χ1) is 22.8. The summed E-state index contributed by atoms with van der Waals surface area (Å²) >= 11 is 0. The molecule has 0 unspecified atom stereocenters. The van der Waals surface area contributed by atoms with Gasteiger partial charge in [-0.1, -0.05) is 152 Å². The molecule has 46 heavy (non-hydrogen) atoms. The highest BCUT2D eigenvalue weighted by Gasteiger charge is 2.18. The molecule has 0 bridgehead atoms. The lowest BCUT2D eigenvalue weighted by Gasteiger charge is -2.19. The zero-order valence-corrected chi connectivity index (χ0v) is 25.2. The van der Waals surface area contributed by atoms with Gasteiger partial charge in [-0.05, 0) is 94.7 Å². The fourth-order valence-electron chi connectivity index (χ4n) is 7.12. The van der Waals surface area contributed by atoms with Crippen molar-refractivity contribution in [1.29, 1.82) is 0 Å². The standard InChI is InChI=1S/C45H29N/c1-2-12-34-28-36(25-22-30(34)10-1)43-29-35(26-27-46-43)31-20-23-33(24-21-31)44-39-15-5-7-17-41(39)45(42-18-8-6-16-40(42)44)38-19-9-13-32-11-3-4-14-37(32)38/h1-29H. The maximum Gasteiger partial charge on any atom is 0.0708 e. The van der Waals surface area contributed by atoms with Gasteiger partial charge in [0.1, 0.15) is 0 Å². The van der Waals surface area contributed by atoms with Crippen LogP contribution in [-0.4, -0.2) is 4.98 Å².